The number of ether oxygens (including phenoxy) is 1. The molecular weight excluding hydrogens is 224 g/mol. The van der Waals surface area contributed by atoms with E-state index in [2.05, 4.69) is 5.32 Å². The first-order chi connectivity index (χ1) is 7.65. The first kappa shape index (κ1) is 13.4. The Morgan fingerprint density at radius 3 is 2.69 bits per heavy atom. The minimum absolute atomic E-state index is 0.0403. The maximum absolute atomic E-state index is 11.7. The van der Waals surface area contributed by atoms with E-state index in [4.69, 9.17) is 22.7 Å². The van der Waals surface area contributed by atoms with E-state index in [0.29, 0.717) is 18.9 Å². The molecule has 1 saturated heterocycles. The molecule has 0 aromatic heterocycles. The lowest BCUT2D eigenvalue weighted by molar-refractivity contribution is -0.123. The Bertz CT molecular complexity index is 252. The molecule has 0 saturated carbocycles. The van der Waals surface area contributed by atoms with Crippen LogP contribution in [0.2, 0.25) is 0 Å². The number of amides is 1. The summed E-state index contributed by atoms with van der Waals surface area (Å²) >= 11 is 4.86. The van der Waals surface area contributed by atoms with E-state index >= 15 is 0 Å². The molecule has 92 valence electrons. The molecule has 0 spiro atoms. The van der Waals surface area contributed by atoms with Crippen molar-refractivity contribution in [2.75, 3.05) is 19.8 Å². The Hall–Kier alpha value is -0.680. The molecule has 4 nitrogen and oxygen atoms in total. The summed E-state index contributed by atoms with van der Waals surface area (Å²) in [6.07, 6.45) is 2.70. The molecule has 0 aromatic rings. The molecule has 1 fully saturated rings. The summed E-state index contributed by atoms with van der Waals surface area (Å²) < 4.78 is 5.26. The van der Waals surface area contributed by atoms with E-state index in [1.165, 1.54) is 0 Å². The van der Waals surface area contributed by atoms with Crippen LogP contribution in [-0.2, 0) is 9.53 Å². The van der Waals surface area contributed by atoms with Crippen molar-refractivity contribution < 1.29 is 9.53 Å². The molecule has 0 aromatic carbocycles. The van der Waals surface area contributed by atoms with Crippen molar-refractivity contribution in [3.05, 3.63) is 0 Å². The Balaban J connectivity index is 2.30. The van der Waals surface area contributed by atoms with E-state index in [1.807, 2.05) is 6.92 Å². The summed E-state index contributed by atoms with van der Waals surface area (Å²) in [5.74, 6) is 0.165. The van der Waals surface area contributed by atoms with Gasteiger partial charge >= 0.3 is 0 Å². The minimum atomic E-state index is -0.324. The van der Waals surface area contributed by atoms with Crippen molar-refractivity contribution in [2.24, 2.45) is 17.6 Å². The second-order valence-corrected chi connectivity index (χ2v) is 4.64. The molecule has 5 heteroatoms. The van der Waals surface area contributed by atoms with Crippen LogP contribution in [0, 0.1) is 11.8 Å². The van der Waals surface area contributed by atoms with Crippen LogP contribution in [0.15, 0.2) is 0 Å². The summed E-state index contributed by atoms with van der Waals surface area (Å²) in [6.45, 7) is 4.22. The fourth-order valence-corrected chi connectivity index (χ4v) is 2.11. The van der Waals surface area contributed by atoms with Crippen LogP contribution in [0.1, 0.15) is 26.2 Å². The number of hydrogen-bond donors (Lipinski definition) is 2. The Morgan fingerprint density at radius 2 is 2.19 bits per heavy atom. The van der Waals surface area contributed by atoms with E-state index in [9.17, 15) is 4.79 Å². The first-order valence-electron chi connectivity index (χ1n) is 5.80. The monoisotopic (exact) mass is 244 g/mol. The average molecular weight is 244 g/mol. The topological polar surface area (TPSA) is 64.3 Å². The molecule has 3 N–H and O–H groups in total. The largest absolute Gasteiger partial charge is 0.393 e. The molecule has 1 aliphatic rings. The van der Waals surface area contributed by atoms with Crippen LogP contribution in [0.5, 0.6) is 0 Å². The highest BCUT2D eigenvalue weighted by Gasteiger charge is 2.21. The lowest BCUT2D eigenvalue weighted by Crippen LogP contribution is -2.40. The molecule has 1 unspecified atom stereocenters. The van der Waals surface area contributed by atoms with E-state index in [-0.39, 0.29) is 16.8 Å². The SMILES string of the molecule is CCC(C(=O)NCC1CCOCC1)C(N)=S. The van der Waals surface area contributed by atoms with Gasteiger partial charge in [0.15, 0.2) is 0 Å². The molecule has 0 bridgehead atoms. The molecule has 16 heavy (non-hydrogen) atoms. The molecule has 0 aliphatic carbocycles. The predicted molar refractivity (Wildman–Crippen MR) is 67.1 cm³/mol. The quantitative estimate of drug-likeness (QED) is 0.704. The van der Waals surface area contributed by atoms with Crippen molar-refractivity contribution >= 4 is 23.1 Å². The molecule has 1 aliphatic heterocycles. The van der Waals surface area contributed by atoms with Gasteiger partial charge in [0.25, 0.3) is 0 Å². The van der Waals surface area contributed by atoms with Crippen molar-refractivity contribution in [1.82, 2.24) is 5.32 Å². The number of carbonyl (C=O) groups excluding carboxylic acids is 1. The molecular formula is C11H20N2O2S. The van der Waals surface area contributed by atoms with Crippen LogP contribution in [0.25, 0.3) is 0 Å². The first-order valence-corrected chi connectivity index (χ1v) is 6.20. The van der Waals surface area contributed by atoms with E-state index < -0.39 is 0 Å². The number of carbonyl (C=O) groups is 1. The molecule has 1 atom stereocenters. The zero-order valence-electron chi connectivity index (χ0n) is 9.70. The van der Waals surface area contributed by atoms with Gasteiger partial charge in [-0.3, -0.25) is 4.79 Å². The van der Waals surface area contributed by atoms with E-state index in [1.54, 1.807) is 0 Å². The Kier molecular flexibility index (Phi) is 5.69. The fourth-order valence-electron chi connectivity index (χ4n) is 1.83. The molecule has 1 rings (SSSR count). The van der Waals surface area contributed by atoms with Gasteiger partial charge in [-0.05, 0) is 25.2 Å². The second-order valence-electron chi connectivity index (χ2n) is 4.16. The number of hydrogen-bond acceptors (Lipinski definition) is 3. The van der Waals surface area contributed by atoms with Crippen LogP contribution in [-0.4, -0.2) is 30.7 Å². The van der Waals surface area contributed by atoms with Gasteiger partial charge in [0, 0.05) is 19.8 Å². The highest BCUT2D eigenvalue weighted by Crippen LogP contribution is 2.13. The van der Waals surface area contributed by atoms with Gasteiger partial charge in [0.1, 0.15) is 0 Å². The van der Waals surface area contributed by atoms with Crippen molar-refractivity contribution in [3.63, 3.8) is 0 Å². The summed E-state index contributed by atoms with van der Waals surface area (Å²) in [5.41, 5.74) is 5.51. The lowest BCUT2D eigenvalue weighted by Gasteiger charge is -2.23. The van der Waals surface area contributed by atoms with Crippen LogP contribution in [0.3, 0.4) is 0 Å². The van der Waals surface area contributed by atoms with Gasteiger partial charge in [-0.2, -0.15) is 0 Å². The van der Waals surface area contributed by atoms with Gasteiger partial charge in [-0.25, -0.2) is 0 Å². The summed E-state index contributed by atoms with van der Waals surface area (Å²) in [7, 11) is 0. The van der Waals surface area contributed by atoms with Crippen LogP contribution < -0.4 is 11.1 Å². The fraction of sp³-hybridized carbons (Fsp3) is 0.818. The zero-order valence-corrected chi connectivity index (χ0v) is 10.5. The van der Waals surface area contributed by atoms with Crippen molar-refractivity contribution in [2.45, 2.75) is 26.2 Å². The highest BCUT2D eigenvalue weighted by atomic mass is 32.1. The second kappa shape index (κ2) is 6.81. The summed E-state index contributed by atoms with van der Waals surface area (Å²) in [4.78, 5) is 12.0. The van der Waals surface area contributed by atoms with Gasteiger partial charge in [-0.15, -0.1) is 0 Å². The smallest absolute Gasteiger partial charge is 0.229 e. The third-order valence-electron chi connectivity index (χ3n) is 2.97. The molecule has 0 radical (unpaired) electrons. The summed E-state index contributed by atoms with van der Waals surface area (Å²) in [6, 6.07) is 0. The highest BCUT2D eigenvalue weighted by molar-refractivity contribution is 7.80. The third kappa shape index (κ3) is 4.06. The lowest BCUT2D eigenvalue weighted by atomic mass is 9.99. The normalized spacial score (nSPS) is 19.1. The van der Waals surface area contributed by atoms with Gasteiger partial charge < -0.3 is 15.8 Å². The molecule has 1 heterocycles. The number of rotatable bonds is 5. The van der Waals surface area contributed by atoms with Crippen molar-refractivity contribution in [3.8, 4) is 0 Å². The third-order valence-corrected chi connectivity index (χ3v) is 3.26. The molecule has 1 amide bonds. The maximum Gasteiger partial charge on any atom is 0.229 e. The number of nitrogens with two attached hydrogens (primary N) is 1. The predicted octanol–water partition coefficient (Wildman–Crippen LogP) is 0.842. The standard InChI is InChI=1S/C11H20N2O2S/c1-2-9(10(12)16)11(14)13-7-8-3-5-15-6-4-8/h8-9H,2-7H2,1H3,(H2,12,16)(H,13,14). The average Bonchev–Trinajstić information content (AvgIpc) is 2.28. The van der Waals surface area contributed by atoms with Gasteiger partial charge in [0.2, 0.25) is 5.91 Å². The van der Waals surface area contributed by atoms with Crippen molar-refractivity contribution in [1.29, 1.82) is 0 Å². The Labute approximate surface area is 102 Å². The Morgan fingerprint density at radius 1 is 1.56 bits per heavy atom. The number of nitrogens with one attached hydrogen (secondary N) is 1. The number of thiocarbonyl (C=S) groups is 1. The zero-order chi connectivity index (χ0) is 12.0. The van der Waals surface area contributed by atoms with Gasteiger partial charge in [0.05, 0.1) is 10.9 Å². The summed E-state index contributed by atoms with van der Waals surface area (Å²) in [5, 5.41) is 2.92. The van der Waals surface area contributed by atoms with Gasteiger partial charge in [-0.1, -0.05) is 19.1 Å². The van der Waals surface area contributed by atoms with E-state index in [0.717, 1.165) is 26.1 Å². The van der Waals surface area contributed by atoms with Crippen LogP contribution >= 0.6 is 12.2 Å². The minimum Gasteiger partial charge on any atom is -0.393 e. The van der Waals surface area contributed by atoms with Crippen LogP contribution in [0.4, 0.5) is 0 Å². The maximum atomic E-state index is 11.7.